The zero-order valence-electron chi connectivity index (χ0n) is 4.01. The van der Waals surface area contributed by atoms with Crippen LogP contribution in [-0.2, 0) is 9.09 Å². The van der Waals surface area contributed by atoms with Crippen molar-refractivity contribution in [2.45, 2.75) is 6.10 Å². The first-order valence-corrected chi connectivity index (χ1v) is 3.75. The SMILES string of the molecule is O=POC(CCl)CCl. The number of hydrogen-bond donors (Lipinski definition) is 0. The van der Waals surface area contributed by atoms with E-state index in [1.165, 1.54) is 0 Å². The van der Waals surface area contributed by atoms with Gasteiger partial charge in [-0.15, -0.1) is 23.2 Å². The monoisotopic (exact) mass is 174 g/mol. The molecule has 0 aromatic carbocycles. The summed E-state index contributed by atoms with van der Waals surface area (Å²) in [6, 6.07) is 0. The van der Waals surface area contributed by atoms with Crippen molar-refractivity contribution in [3.05, 3.63) is 0 Å². The van der Waals surface area contributed by atoms with Gasteiger partial charge in [-0.3, -0.25) is 4.52 Å². The van der Waals surface area contributed by atoms with Gasteiger partial charge in [0.1, 0.15) is 0 Å². The molecule has 48 valence electrons. The molecule has 2 nitrogen and oxygen atoms in total. The van der Waals surface area contributed by atoms with E-state index in [4.69, 9.17) is 23.2 Å². The van der Waals surface area contributed by atoms with Crippen LogP contribution in [0.3, 0.4) is 0 Å². The van der Waals surface area contributed by atoms with E-state index in [1.54, 1.807) is 0 Å². The highest BCUT2D eigenvalue weighted by atomic mass is 35.5. The molecule has 0 bridgehead atoms. The Morgan fingerprint density at radius 3 is 2.12 bits per heavy atom. The topological polar surface area (TPSA) is 26.3 Å². The maximum atomic E-state index is 9.69. The Kier molecular flexibility index (Phi) is 6.23. The molecule has 0 atom stereocenters. The fourth-order valence-corrected chi connectivity index (χ4v) is 1.06. The normalized spacial score (nSPS) is 10.9. The van der Waals surface area contributed by atoms with Crippen LogP contribution in [0.1, 0.15) is 0 Å². The summed E-state index contributed by atoms with van der Waals surface area (Å²) >= 11 is 10.6. The highest BCUT2D eigenvalue weighted by Gasteiger charge is 2.03. The molecule has 0 heterocycles. The first kappa shape index (κ1) is 8.64. The molecule has 0 saturated carbocycles. The van der Waals surface area contributed by atoms with Gasteiger partial charge in [0.2, 0.25) is 0 Å². The molecule has 0 saturated heterocycles. The molecule has 0 radical (unpaired) electrons. The fourth-order valence-electron chi connectivity index (χ4n) is 0.158. The van der Waals surface area contributed by atoms with Gasteiger partial charge in [-0.2, -0.15) is 0 Å². The average molecular weight is 175 g/mol. The van der Waals surface area contributed by atoms with Crippen molar-refractivity contribution in [1.82, 2.24) is 0 Å². The molecular formula is C3H5Cl2O2P. The summed E-state index contributed by atoms with van der Waals surface area (Å²) in [5, 5.41) is 0. The lowest BCUT2D eigenvalue weighted by atomic mass is 10.5. The second-order valence-electron chi connectivity index (χ2n) is 1.11. The molecule has 0 unspecified atom stereocenters. The highest BCUT2D eigenvalue weighted by molar-refractivity contribution is 7.17. The van der Waals surface area contributed by atoms with E-state index in [1.807, 2.05) is 0 Å². The van der Waals surface area contributed by atoms with Crippen molar-refractivity contribution in [3.63, 3.8) is 0 Å². The molecule has 0 rings (SSSR count). The third kappa shape index (κ3) is 3.62. The first-order valence-electron chi connectivity index (χ1n) is 1.95. The Morgan fingerprint density at radius 2 is 2.00 bits per heavy atom. The molecule has 0 fully saturated rings. The van der Waals surface area contributed by atoms with Gasteiger partial charge in [-0.1, -0.05) is 0 Å². The molecule has 0 aromatic rings. The zero-order chi connectivity index (χ0) is 6.41. The average Bonchev–Trinajstić information content (AvgIpc) is 1.83. The van der Waals surface area contributed by atoms with E-state index >= 15 is 0 Å². The maximum absolute atomic E-state index is 9.69. The smallest absolute Gasteiger partial charge is 0.289 e. The Labute approximate surface area is 59.4 Å². The summed E-state index contributed by atoms with van der Waals surface area (Å²) < 4.78 is 14.2. The zero-order valence-corrected chi connectivity index (χ0v) is 6.42. The Morgan fingerprint density at radius 1 is 1.50 bits per heavy atom. The van der Waals surface area contributed by atoms with E-state index in [-0.39, 0.29) is 26.6 Å². The van der Waals surface area contributed by atoms with Gasteiger partial charge in [0.05, 0.1) is 17.9 Å². The summed E-state index contributed by atoms with van der Waals surface area (Å²) in [6.07, 6.45) is -0.294. The van der Waals surface area contributed by atoms with Crippen molar-refractivity contribution in [2.24, 2.45) is 0 Å². The minimum Gasteiger partial charge on any atom is -0.289 e. The lowest BCUT2D eigenvalue weighted by Crippen LogP contribution is -2.10. The summed E-state index contributed by atoms with van der Waals surface area (Å²) in [7, 11) is -0.364. The van der Waals surface area contributed by atoms with Crippen molar-refractivity contribution in [3.8, 4) is 0 Å². The summed E-state index contributed by atoms with van der Waals surface area (Å²) in [5.74, 6) is 0.553. The van der Waals surface area contributed by atoms with E-state index in [2.05, 4.69) is 4.52 Å². The number of alkyl halides is 2. The summed E-state index contributed by atoms with van der Waals surface area (Å²) in [6.45, 7) is 0. The van der Waals surface area contributed by atoms with Crippen LogP contribution in [0.5, 0.6) is 0 Å². The highest BCUT2D eigenvalue weighted by Crippen LogP contribution is 2.05. The van der Waals surface area contributed by atoms with Crippen molar-refractivity contribution >= 4 is 31.9 Å². The van der Waals surface area contributed by atoms with Crippen LogP contribution in [-0.4, -0.2) is 17.9 Å². The van der Waals surface area contributed by atoms with Crippen molar-refractivity contribution < 1.29 is 9.09 Å². The quantitative estimate of drug-likeness (QED) is 0.482. The van der Waals surface area contributed by atoms with E-state index in [0.717, 1.165) is 0 Å². The molecule has 0 aliphatic rings. The van der Waals surface area contributed by atoms with Gasteiger partial charge in [0, 0.05) is 0 Å². The number of rotatable bonds is 4. The molecule has 8 heavy (non-hydrogen) atoms. The number of halogens is 2. The molecule has 0 N–H and O–H groups in total. The fraction of sp³-hybridized carbons (Fsp3) is 1.00. The van der Waals surface area contributed by atoms with Crippen LogP contribution in [0.4, 0.5) is 0 Å². The molecule has 5 heteroatoms. The van der Waals surface area contributed by atoms with Gasteiger partial charge < -0.3 is 0 Å². The minimum atomic E-state index is -0.364. The van der Waals surface area contributed by atoms with Gasteiger partial charge in [-0.25, -0.2) is 4.57 Å². The second-order valence-corrected chi connectivity index (χ2v) is 2.09. The molecule has 0 amide bonds. The molecule has 0 aliphatic heterocycles. The Hall–Kier alpha value is 0.640. The predicted octanol–water partition coefficient (Wildman–Crippen LogP) is 2.06. The predicted molar refractivity (Wildman–Crippen MR) is 33.9 cm³/mol. The third-order valence-electron chi connectivity index (χ3n) is 0.536. The Balaban J connectivity index is 3.20. The number of hydrogen-bond acceptors (Lipinski definition) is 2. The Bertz CT molecular complexity index is 66.3. The van der Waals surface area contributed by atoms with Gasteiger partial charge >= 0.3 is 8.69 Å². The van der Waals surface area contributed by atoms with E-state index < -0.39 is 0 Å². The van der Waals surface area contributed by atoms with Crippen LogP contribution in [0.2, 0.25) is 0 Å². The lowest BCUT2D eigenvalue weighted by molar-refractivity contribution is 0.273. The van der Waals surface area contributed by atoms with Crippen LogP contribution in [0.25, 0.3) is 0 Å². The lowest BCUT2D eigenvalue weighted by Gasteiger charge is -2.01. The molecule has 0 aromatic heterocycles. The first-order chi connectivity index (χ1) is 3.85. The van der Waals surface area contributed by atoms with Gasteiger partial charge in [0.25, 0.3) is 0 Å². The molecule has 0 aliphatic carbocycles. The van der Waals surface area contributed by atoms with Gasteiger partial charge in [0.15, 0.2) is 0 Å². The van der Waals surface area contributed by atoms with Crippen LogP contribution in [0.15, 0.2) is 0 Å². The third-order valence-corrected chi connectivity index (χ3v) is 1.61. The minimum absolute atomic E-state index is 0.277. The van der Waals surface area contributed by atoms with Crippen molar-refractivity contribution in [1.29, 1.82) is 0 Å². The van der Waals surface area contributed by atoms with Gasteiger partial charge in [-0.05, 0) is 0 Å². The van der Waals surface area contributed by atoms with E-state index in [9.17, 15) is 4.57 Å². The van der Waals surface area contributed by atoms with E-state index in [0.29, 0.717) is 0 Å². The molecule has 0 spiro atoms. The molecular weight excluding hydrogens is 170 g/mol. The van der Waals surface area contributed by atoms with Crippen LogP contribution in [0, 0.1) is 0 Å². The second kappa shape index (κ2) is 5.77. The van der Waals surface area contributed by atoms with Crippen molar-refractivity contribution in [2.75, 3.05) is 11.8 Å². The standard InChI is InChI=1S/C3H5Cl2O2P/c4-1-3(2-5)7-8-6/h3H,1-2H2. The van der Waals surface area contributed by atoms with Crippen LogP contribution < -0.4 is 0 Å². The van der Waals surface area contributed by atoms with Crippen LogP contribution >= 0.6 is 31.9 Å². The maximum Gasteiger partial charge on any atom is 0.327 e. The summed E-state index contributed by atoms with van der Waals surface area (Å²) in [4.78, 5) is 0. The largest absolute Gasteiger partial charge is 0.327 e. The summed E-state index contributed by atoms with van der Waals surface area (Å²) in [5.41, 5.74) is 0.